The van der Waals surface area contributed by atoms with Crippen molar-refractivity contribution >= 4 is 59.1 Å². The summed E-state index contributed by atoms with van der Waals surface area (Å²) in [5.74, 6) is 0.890. The lowest BCUT2D eigenvalue weighted by atomic mass is 10.0. The highest BCUT2D eigenvalue weighted by Gasteiger charge is 2.18. The summed E-state index contributed by atoms with van der Waals surface area (Å²) < 4.78 is 7.50. The number of hydrogen-bond donors (Lipinski definition) is 0. The van der Waals surface area contributed by atoms with Gasteiger partial charge in [-0.3, -0.25) is 0 Å². The number of alkyl halides is 1. The summed E-state index contributed by atoms with van der Waals surface area (Å²) in [6, 6.07) is 8.29. The second kappa shape index (κ2) is 6.07. The number of methoxy groups -OCH3 is 1. The van der Waals surface area contributed by atoms with E-state index in [-0.39, 0.29) is 4.83 Å². The molecule has 0 aliphatic carbocycles. The lowest BCUT2D eigenvalue weighted by Gasteiger charge is -2.13. The van der Waals surface area contributed by atoms with E-state index in [1.807, 2.05) is 6.07 Å². The Kier molecular flexibility index (Phi) is 4.92. The standard InChI is InChI=1S/C13H11Br3OS/c1-7-5-8(17-2)3-4-9(7)12(15)10-6-11(14)18-13(10)16/h3-6,12H,1-2H3. The number of rotatable bonds is 3. The van der Waals surface area contributed by atoms with E-state index in [1.165, 1.54) is 16.7 Å². The minimum atomic E-state index is 0.181. The molecule has 0 aliphatic heterocycles. The highest BCUT2D eigenvalue weighted by molar-refractivity contribution is 9.12. The lowest BCUT2D eigenvalue weighted by molar-refractivity contribution is 0.414. The molecule has 2 rings (SSSR count). The van der Waals surface area contributed by atoms with Crippen molar-refractivity contribution in [2.45, 2.75) is 11.8 Å². The molecule has 1 unspecified atom stereocenters. The van der Waals surface area contributed by atoms with Crippen LogP contribution in [0.15, 0.2) is 31.8 Å². The molecule has 0 radical (unpaired) electrons. The Labute approximate surface area is 136 Å². The van der Waals surface area contributed by atoms with Crippen molar-refractivity contribution in [1.29, 1.82) is 0 Å². The average molecular weight is 455 g/mol. The largest absolute Gasteiger partial charge is 0.497 e. The summed E-state index contributed by atoms with van der Waals surface area (Å²) in [6.45, 7) is 2.10. The molecule has 96 valence electrons. The molecule has 5 heteroatoms. The Morgan fingerprint density at radius 2 is 1.89 bits per heavy atom. The highest BCUT2D eigenvalue weighted by Crippen LogP contribution is 2.42. The molecule has 0 amide bonds. The van der Waals surface area contributed by atoms with E-state index >= 15 is 0 Å². The molecule has 0 fully saturated rings. The topological polar surface area (TPSA) is 9.23 Å². The van der Waals surface area contributed by atoms with Gasteiger partial charge in [-0.1, -0.05) is 22.0 Å². The first-order valence-corrected chi connectivity index (χ1v) is 8.58. The number of aryl methyl sites for hydroxylation is 1. The normalized spacial score (nSPS) is 12.5. The minimum Gasteiger partial charge on any atom is -0.497 e. The van der Waals surface area contributed by atoms with Crippen molar-refractivity contribution in [1.82, 2.24) is 0 Å². The molecule has 1 heterocycles. The molecule has 0 spiro atoms. The molecule has 1 aromatic heterocycles. The van der Waals surface area contributed by atoms with E-state index < -0.39 is 0 Å². The zero-order valence-corrected chi connectivity index (χ0v) is 15.4. The van der Waals surface area contributed by atoms with Gasteiger partial charge in [0.05, 0.1) is 19.5 Å². The van der Waals surface area contributed by atoms with Crippen LogP contribution in [0, 0.1) is 6.92 Å². The first-order valence-electron chi connectivity index (χ1n) is 5.26. The van der Waals surface area contributed by atoms with Gasteiger partial charge in [0.2, 0.25) is 0 Å². The van der Waals surface area contributed by atoms with Gasteiger partial charge in [-0.15, -0.1) is 11.3 Å². The molecule has 0 aliphatic rings. The number of thiophene rings is 1. The summed E-state index contributed by atoms with van der Waals surface area (Å²) in [4.78, 5) is 0.181. The number of ether oxygens (including phenoxy) is 1. The summed E-state index contributed by atoms with van der Waals surface area (Å²) >= 11 is 12.6. The maximum Gasteiger partial charge on any atom is 0.119 e. The van der Waals surface area contributed by atoms with Gasteiger partial charge in [0.15, 0.2) is 0 Å². The minimum absolute atomic E-state index is 0.181. The van der Waals surface area contributed by atoms with Crippen LogP contribution in [0.4, 0.5) is 0 Å². The third kappa shape index (κ3) is 3.00. The van der Waals surface area contributed by atoms with Gasteiger partial charge in [0.25, 0.3) is 0 Å². The van der Waals surface area contributed by atoms with Gasteiger partial charge in [0.1, 0.15) is 5.75 Å². The third-order valence-corrected chi connectivity index (χ3v) is 6.08. The van der Waals surface area contributed by atoms with Crippen molar-refractivity contribution in [2.24, 2.45) is 0 Å². The van der Waals surface area contributed by atoms with Crippen LogP contribution < -0.4 is 4.74 Å². The molecular formula is C13H11Br3OS. The van der Waals surface area contributed by atoms with Crippen LogP contribution in [0.25, 0.3) is 0 Å². The van der Waals surface area contributed by atoms with Crippen molar-refractivity contribution in [3.05, 3.63) is 48.5 Å². The summed E-state index contributed by atoms with van der Waals surface area (Å²) in [7, 11) is 1.69. The molecule has 0 saturated heterocycles. The second-order valence-electron chi connectivity index (χ2n) is 3.86. The second-order valence-corrected chi connectivity index (χ2v) is 8.53. The Hall–Kier alpha value is 0.160. The van der Waals surface area contributed by atoms with Crippen molar-refractivity contribution < 1.29 is 4.74 Å². The zero-order valence-electron chi connectivity index (χ0n) is 9.84. The quantitative estimate of drug-likeness (QED) is 0.511. The van der Waals surface area contributed by atoms with E-state index in [1.54, 1.807) is 18.4 Å². The number of hydrogen-bond acceptors (Lipinski definition) is 2. The summed E-state index contributed by atoms with van der Waals surface area (Å²) in [5, 5.41) is 0. The van der Waals surface area contributed by atoms with Gasteiger partial charge in [-0.25, -0.2) is 0 Å². The fourth-order valence-corrected chi connectivity index (χ4v) is 5.99. The van der Waals surface area contributed by atoms with Gasteiger partial charge < -0.3 is 4.74 Å². The first kappa shape index (κ1) is 14.6. The summed E-state index contributed by atoms with van der Waals surface area (Å²) in [6.07, 6.45) is 0. The lowest BCUT2D eigenvalue weighted by Crippen LogP contribution is -1.96. The molecule has 0 N–H and O–H groups in total. The van der Waals surface area contributed by atoms with E-state index in [0.717, 1.165) is 13.3 Å². The zero-order chi connectivity index (χ0) is 13.3. The molecule has 0 bridgehead atoms. The maximum absolute atomic E-state index is 5.23. The molecule has 1 aromatic carbocycles. The Balaban J connectivity index is 2.39. The molecule has 1 nitrogen and oxygen atoms in total. The number of benzene rings is 1. The fourth-order valence-electron chi connectivity index (χ4n) is 1.75. The van der Waals surface area contributed by atoms with Crippen LogP contribution in [0.1, 0.15) is 21.5 Å². The Bertz CT molecular complexity index is 565. The van der Waals surface area contributed by atoms with Crippen LogP contribution in [0.3, 0.4) is 0 Å². The van der Waals surface area contributed by atoms with Crippen LogP contribution in [-0.4, -0.2) is 7.11 Å². The Morgan fingerprint density at radius 3 is 2.39 bits per heavy atom. The van der Waals surface area contributed by atoms with E-state index in [4.69, 9.17) is 4.74 Å². The van der Waals surface area contributed by atoms with Crippen LogP contribution in [-0.2, 0) is 0 Å². The molecule has 1 atom stereocenters. The van der Waals surface area contributed by atoms with E-state index in [0.29, 0.717) is 0 Å². The van der Waals surface area contributed by atoms with Crippen molar-refractivity contribution in [3.63, 3.8) is 0 Å². The fraction of sp³-hybridized carbons (Fsp3) is 0.231. The maximum atomic E-state index is 5.23. The molecule has 0 saturated carbocycles. The SMILES string of the molecule is COc1ccc(C(Br)c2cc(Br)sc2Br)c(C)c1. The predicted octanol–water partition coefficient (Wildman–Crippen LogP) is 6.07. The van der Waals surface area contributed by atoms with Gasteiger partial charge in [-0.2, -0.15) is 0 Å². The average Bonchev–Trinajstić information content (AvgIpc) is 2.67. The molecular weight excluding hydrogens is 444 g/mol. The van der Waals surface area contributed by atoms with Gasteiger partial charge in [0, 0.05) is 0 Å². The molecule has 2 aromatic rings. The smallest absolute Gasteiger partial charge is 0.119 e. The van der Waals surface area contributed by atoms with Crippen molar-refractivity contribution in [2.75, 3.05) is 7.11 Å². The van der Waals surface area contributed by atoms with Crippen molar-refractivity contribution in [3.8, 4) is 5.75 Å². The van der Waals surface area contributed by atoms with Gasteiger partial charge in [-0.05, 0) is 73.7 Å². The van der Waals surface area contributed by atoms with E-state index in [2.05, 4.69) is 72.9 Å². The molecule has 18 heavy (non-hydrogen) atoms. The Morgan fingerprint density at radius 1 is 1.17 bits per heavy atom. The van der Waals surface area contributed by atoms with Gasteiger partial charge >= 0.3 is 0 Å². The predicted molar refractivity (Wildman–Crippen MR) is 88.2 cm³/mol. The number of halogens is 3. The highest BCUT2D eigenvalue weighted by atomic mass is 79.9. The first-order chi connectivity index (χ1) is 8.52. The monoisotopic (exact) mass is 452 g/mol. The third-order valence-electron chi connectivity index (χ3n) is 2.71. The summed E-state index contributed by atoms with van der Waals surface area (Å²) in [5.41, 5.74) is 3.70. The van der Waals surface area contributed by atoms with Crippen LogP contribution >= 0.6 is 59.1 Å². The van der Waals surface area contributed by atoms with Crippen LogP contribution in [0.5, 0.6) is 5.75 Å². The van der Waals surface area contributed by atoms with Crippen LogP contribution in [0.2, 0.25) is 0 Å². The van der Waals surface area contributed by atoms with E-state index in [9.17, 15) is 0 Å².